The van der Waals surface area contributed by atoms with Crippen LogP contribution in [0.4, 0.5) is 0 Å². The van der Waals surface area contributed by atoms with E-state index in [0.717, 1.165) is 57.8 Å². The molecule has 0 bridgehead atoms. The third kappa shape index (κ3) is 36.2. The lowest BCUT2D eigenvalue weighted by Crippen LogP contribution is -2.60. The van der Waals surface area contributed by atoms with E-state index in [9.17, 15) is 35.4 Å². The number of aliphatic hydroxyl groups is 6. The molecular formula is C57H109NO9. The van der Waals surface area contributed by atoms with E-state index < -0.39 is 61.5 Å². The van der Waals surface area contributed by atoms with Gasteiger partial charge in [0.2, 0.25) is 5.91 Å². The molecular weight excluding hydrogens is 843 g/mol. The Morgan fingerprint density at radius 3 is 1.28 bits per heavy atom. The minimum absolute atomic E-state index is 0.254. The quantitative estimate of drug-likeness (QED) is 0.0232. The molecule has 10 nitrogen and oxygen atoms in total. The van der Waals surface area contributed by atoms with Crippen molar-refractivity contribution in [1.29, 1.82) is 0 Å². The van der Waals surface area contributed by atoms with Gasteiger partial charge in [0.05, 0.1) is 25.4 Å². The number of rotatable bonds is 49. The van der Waals surface area contributed by atoms with Gasteiger partial charge in [0.15, 0.2) is 6.29 Å². The molecule has 396 valence electrons. The van der Waals surface area contributed by atoms with E-state index >= 15 is 0 Å². The van der Waals surface area contributed by atoms with Crippen LogP contribution in [0.25, 0.3) is 0 Å². The number of aliphatic hydroxyl groups excluding tert-OH is 6. The smallest absolute Gasteiger partial charge is 0.249 e. The van der Waals surface area contributed by atoms with E-state index in [-0.39, 0.29) is 6.61 Å². The van der Waals surface area contributed by atoms with E-state index in [0.29, 0.717) is 12.8 Å². The summed E-state index contributed by atoms with van der Waals surface area (Å²) in [5, 5.41) is 65.2. The molecule has 1 aliphatic heterocycles. The van der Waals surface area contributed by atoms with Crippen molar-refractivity contribution >= 4 is 5.91 Å². The predicted octanol–water partition coefficient (Wildman–Crippen LogP) is 12.8. The number of nitrogens with one attached hydrogen (secondary N) is 1. The lowest BCUT2D eigenvalue weighted by Gasteiger charge is -2.40. The standard InChI is InChI=1S/C57H109NO9/c1-3-5-7-9-11-13-15-17-19-21-22-23-24-25-26-27-28-29-30-32-34-36-38-40-42-44-46-51(61)56(65)58-49(48-66-57-55(64)54(63)53(62)52(47-59)67-57)50(60)45-43-41-39-37-35-33-31-20-18-16-14-12-10-8-6-4-2/h22-23,25-26,49-55,57,59-64H,3-21,24,27-48H2,1-2H3,(H,58,65)/b23-22-,26-25-. The highest BCUT2D eigenvalue weighted by Crippen LogP contribution is 2.23. The number of hydrogen-bond donors (Lipinski definition) is 7. The maximum Gasteiger partial charge on any atom is 0.249 e. The van der Waals surface area contributed by atoms with E-state index in [1.54, 1.807) is 0 Å². The zero-order valence-corrected chi connectivity index (χ0v) is 43.5. The van der Waals surface area contributed by atoms with Crippen molar-refractivity contribution < 1.29 is 44.9 Å². The number of amides is 1. The van der Waals surface area contributed by atoms with Crippen LogP contribution in [-0.4, -0.2) is 98.7 Å². The summed E-state index contributed by atoms with van der Waals surface area (Å²) in [5.74, 6) is -0.583. The van der Waals surface area contributed by atoms with Crippen LogP contribution in [0, 0.1) is 0 Å². The van der Waals surface area contributed by atoms with Gasteiger partial charge in [-0.2, -0.15) is 0 Å². The van der Waals surface area contributed by atoms with E-state index in [1.165, 1.54) is 186 Å². The predicted molar refractivity (Wildman–Crippen MR) is 278 cm³/mol. The van der Waals surface area contributed by atoms with Crippen LogP contribution in [0.15, 0.2) is 24.3 Å². The molecule has 0 radical (unpaired) electrons. The van der Waals surface area contributed by atoms with Crippen molar-refractivity contribution in [2.24, 2.45) is 0 Å². The first kappa shape index (κ1) is 63.6. The van der Waals surface area contributed by atoms with Crippen molar-refractivity contribution in [2.45, 2.75) is 320 Å². The number of carbonyl (C=O) groups is 1. The summed E-state index contributed by atoms with van der Waals surface area (Å²) in [6, 6.07) is -0.895. The van der Waals surface area contributed by atoms with Gasteiger partial charge in [0.1, 0.15) is 30.5 Å². The van der Waals surface area contributed by atoms with Gasteiger partial charge >= 0.3 is 0 Å². The van der Waals surface area contributed by atoms with Gasteiger partial charge < -0.3 is 45.4 Å². The molecule has 0 aromatic heterocycles. The van der Waals surface area contributed by atoms with Gasteiger partial charge in [-0.3, -0.25) is 4.79 Å². The monoisotopic (exact) mass is 952 g/mol. The Balaban J connectivity index is 2.24. The van der Waals surface area contributed by atoms with Gasteiger partial charge in [0, 0.05) is 0 Å². The Labute approximate surface area is 411 Å². The maximum absolute atomic E-state index is 13.1. The van der Waals surface area contributed by atoms with Crippen LogP contribution >= 0.6 is 0 Å². The SMILES string of the molecule is CCCCCCCCCCC/C=C\C/C=C\CCCCCCCCCCCCC(O)C(=O)NC(COC1OC(CO)C(O)C(O)C1O)C(O)CCCCCCCCCCCCCCCCCC. The fourth-order valence-electron chi connectivity index (χ4n) is 9.26. The zero-order chi connectivity index (χ0) is 48.8. The van der Waals surface area contributed by atoms with Crippen LogP contribution in [0.1, 0.15) is 271 Å². The second kappa shape index (κ2) is 47.0. The topological polar surface area (TPSA) is 169 Å². The average Bonchev–Trinajstić information content (AvgIpc) is 3.33. The number of carbonyl (C=O) groups excluding carboxylic acids is 1. The number of unbranched alkanes of at least 4 members (excludes halogenated alkanes) is 34. The molecule has 8 atom stereocenters. The molecule has 67 heavy (non-hydrogen) atoms. The fourth-order valence-corrected chi connectivity index (χ4v) is 9.26. The Bertz CT molecular complexity index is 1120. The Kier molecular flexibility index (Phi) is 44.6. The van der Waals surface area contributed by atoms with Gasteiger partial charge in [-0.05, 0) is 44.9 Å². The lowest BCUT2D eigenvalue weighted by atomic mass is 9.99. The van der Waals surface area contributed by atoms with E-state index in [1.807, 2.05) is 0 Å². The summed E-state index contributed by atoms with van der Waals surface area (Å²) in [7, 11) is 0. The largest absolute Gasteiger partial charge is 0.394 e. The van der Waals surface area contributed by atoms with Crippen molar-refractivity contribution in [2.75, 3.05) is 13.2 Å². The van der Waals surface area contributed by atoms with Crippen LogP contribution in [0.3, 0.4) is 0 Å². The molecule has 0 aromatic carbocycles. The first-order valence-electron chi connectivity index (χ1n) is 28.6. The first-order valence-corrected chi connectivity index (χ1v) is 28.6. The van der Waals surface area contributed by atoms with Crippen LogP contribution < -0.4 is 5.32 Å². The number of hydrogen-bond acceptors (Lipinski definition) is 9. The van der Waals surface area contributed by atoms with Gasteiger partial charge in [0.25, 0.3) is 0 Å². The molecule has 0 spiro atoms. The molecule has 1 rings (SSSR count). The molecule has 0 aliphatic carbocycles. The minimum atomic E-state index is -1.60. The van der Waals surface area contributed by atoms with Crippen molar-refractivity contribution in [1.82, 2.24) is 5.32 Å². The van der Waals surface area contributed by atoms with Gasteiger partial charge in [-0.15, -0.1) is 0 Å². The van der Waals surface area contributed by atoms with Gasteiger partial charge in [-0.1, -0.05) is 250 Å². The Morgan fingerprint density at radius 2 is 0.881 bits per heavy atom. The molecule has 7 N–H and O–H groups in total. The summed E-state index contributed by atoms with van der Waals surface area (Å²) in [6.07, 6.45) is 48.1. The molecule has 8 unspecified atom stereocenters. The highest BCUT2D eigenvalue weighted by molar-refractivity contribution is 5.80. The number of allylic oxidation sites excluding steroid dienone is 4. The normalized spacial score (nSPS) is 20.3. The summed E-state index contributed by atoms with van der Waals surface area (Å²) in [5.41, 5.74) is 0. The lowest BCUT2D eigenvalue weighted by molar-refractivity contribution is -0.302. The summed E-state index contributed by atoms with van der Waals surface area (Å²) < 4.78 is 11.2. The molecule has 1 heterocycles. The highest BCUT2D eigenvalue weighted by atomic mass is 16.7. The van der Waals surface area contributed by atoms with Crippen molar-refractivity contribution in [3.05, 3.63) is 24.3 Å². The summed E-state index contributed by atoms with van der Waals surface area (Å²) in [4.78, 5) is 13.1. The van der Waals surface area contributed by atoms with Crippen molar-refractivity contribution in [3.8, 4) is 0 Å². The molecule has 1 amide bonds. The molecule has 0 aromatic rings. The van der Waals surface area contributed by atoms with Crippen molar-refractivity contribution in [3.63, 3.8) is 0 Å². The summed E-state index contributed by atoms with van der Waals surface area (Å²) >= 11 is 0. The Morgan fingerprint density at radius 1 is 0.507 bits per heavy atom. The third-order valence-electron chi connectivity index (χ3n) is 13.9. The molecule has 0 saturated carbocycles. The zero-order valence-electron chi connectivity index (χ0n) is 43.5. The van der Waals surface area contributed by atoms with E-state index in [4.69, 9.17) is 9.47 Å². The van der Waals surface area contributed by atoms with Crippen LogP contribution in [-0.2, 0) is 14.3 Å². The molecule has 1 saturated heterocycles. The second-order valence-electron chi connectivity index (χ2n) is 20.2. The molecule has 10 heteroatoms. The molecule has 1 aliphatic rings. The number of ether oxygens (including phenoxy) is 2. The summed E-state index contributed by atoms with van der Waals surface area (Å²) in [6.45, 7) is 3.70. The minimum Gasteiger partial charge on any atom is -0.394 e. The van der Waals surface area contributed by atoms with Gasteiger partial charge in [-0.25, -0.2) is 0 Å². The van der Waals surface area contributed by atoms with Crippen LogP contribution in [0.2, 0.25) is 0 Å². The maximum atomic E-state index is 13.1. The highest BCUT2D eigenvalue weighted by Gasteiger charge is 2.44. The Hall–Kier alpha value is -1.37. The average molecular weight is 952 g/mol. The second-order valence-corrected chi connectivity index (χ2v) is 20.2. The first-order chi connectivity index (χ1) is 32.8. The molecule has 1 fully saturated rings. The third-order valence-corrected chi connectivity index (χ3v) is 13.9. The van der Waals surface area contributed by atoms with E-state index in [2.05, 4.69) is 43.5 Å². The van der Waals surface area contributed by atoms with Crippen LogP contribution in [0.5, 0.6) is 0 Å². The fraction of sp³-hybridized carbons (Fsp3) is 0.912.